The Bertz CT molecular complexity index is 510. The molecule has 0 saturated heterocycles. The molecule has 4 nitrogen and oxygen atoms in total. The van der Waals surface area contributed by atoms with Crippen LogP contribution in [0.3, 0.4) is 0 Å². The molecule has 24 heavy (non-hydrogen) atoms. The Hall–Kier alpha value is -1.06. The van der Waals surface area contributed by atoms with Crippen molar-refractivity contribution in [3.63, 3.8) is 0 Å². The fourth-order valence-corrected chi connectivity index (χ4v) is 5.82. The number of aliphatic carboxylic acids is 1. The molecule has 4 fully saturated rings. The Morgan fingerprint density at radius 2 is 1.79 bits per heavy atom. The van der Waals surface area contributed by atoms with E-state index in [0.717, 1.165) is 24.7 Å². The Labute approximate surface area is 145 Å². The van der Waals surface area contributed by atoms with Gasteiger partial charge in [-0.1, -0.05) is 13.8 Å². The number of rotatable bonds is 6. The molecule has 0 radical (unpaired) electrons. The normalized spacial score (nSPS) is 38.8. The highest BCUT2D eigenvalue weighted by Crippen LogP contribution is 2.60. The molecule has 0 aromatic rings. The first kappa shape index (κ1) is 17.8. The number of ether oxygens (including phenoxy) is 1. The summed E-state index contributed by atoms with van der Waals surface area (Å²) >= 11 is 0. The van der Waals surface area contributed by atoms with Crippen LogP contribution in [-0.2, 0) is 14.3 Å². The van der Waals surface area contributed by atoms with Crippen molar-refractivity contribution in [3.8, 4) is 0 Å². The predicted octanol–water partition coefficient (Wildman–Crippen LogP) is 4.27. The van der Waals surface area contributed by atoms with E-state index in [-0.39, 0.29) is 11.6 Å². The minimum atomic E-state index is -0.818. The van der Waals surface area contributed by atoms with Gasteiger partial charge in [0.25, 0.3) is 0 Å². The molecule has 4 bridgehead atoms. The van der Waals surface area contributed by atoms with Crippen LogP contribution >= 0.6 is 0 Å². The van der Waals surface area contributed by atoms with Gasteiger partial charge in [-0.3, -0.25) is 9.59 Å². The van der Waals surface area contributed by atoms with E-state index in [1.165, 1.54) is 19.3 Å². The average Bonchev–Trinajstić information content (AvgIpc) is 2.49. The zero-order chi connectivity index (χ0) is 17.7. The minimum absolute atomic E-state index is 0.198. The molecular weight excluding hydrogens is 304 g/mol. The van der Waals surface area contributed by atoms with E-state index >= 15 is 0 Å². The zero-order valence-electron chi connectivity index (χ0n) is 15.5. The summed E-state index contributed by atoms with van der Waals surface area (Å²) in [5.74, 6) is 1.08. The SMILES string of the molecule is CCC(CC(C)(C)C(=O)OC12CC3CC(CC(C3)C1C)C2)C(=O)O. The molecule has 4 heteroatoms. The highest BCUT2D eigenvalue weighted by molar-refractivity contribution is 5.78. The third kappa shape index (κ3) is 2.97. The van der Waals surface area contributed by atoms with Gasteiger partial charge in [-0.15, -0.1) is 0 Å². The summed E-state index contributed by atoms with van der Waals surface area (Å²) in [7, 11) is 0. The van der Waals surface area contributed by atoms with E-state index in [4.69, 9.17) is 4.74 Å². The molecule has 4 aliphatic rings. The Balaban J connectivity index is 1.72. The number of hydrogen-bond acceptors (Lipinski definition) is 3. The van der Waals surface area contributed by atoms with Crippen molar-refractivity contribution >= 4 is 11.9 Å². The van der Waals surface area contributed by atoms with Crippen LogP contribution in [-0.4, -0.2) is 22.6 Å². The second-order valence-electron chi connectivity index (χ2n) is 9.38. The fourth-order valence-electron chi connectivity index (χ4n) is 5.82. The van der Waals surface area contributed by atoms with E-state index in [1.807, 2.05) is 20.8 Å². The summed E-state index contributed by atoms with van der Waals surface area (Å²) in [5, 5.41) is 9.31. The molecule has 0 aromatic heterocycles. The van der Waals surface area contributed by atoms with E-state index in [1.54, 1.807) is 0 Å². The molecule has 4 unspecified atom stereocenters. The van der Waals surface area contributed by atoms with Crippen LogP contribution in [0.2, 0.25) is 0 Å². The van der Waals surface area contributed by atoms with Crippen molar-refractivity contribution in [1.82, 2.24) is 0 Å². The lowest BCUT2D eigenvalue weighted by molar-refractivity contribution is -0.213. The van der Waals surface area contributed by atoms with Crippen molar-refractivity contribution in [2.24, 2.45) is 35.0 Å². The Morgan fingerprint density at radius 1 is 1.21 bits per heavy atom. The number of esters is 1. The maximum atomic E-state index is 13.0. The molecule has 1 N–H and O–H groups in total. The number of carbonyl (C=O) groups is 2. The van der Waals surface area contributed by atoms with Gasteiger partial charge >= 0.3 is 11.9 Å². The smallest absolute Gasteiger partial charge is 0.312 e. The molecular formula is C20H32O4. The van der Waals surface area contributed by atoms with Crippen molar-refractivity contribution in [1.29, 1.82) is 0 Å². The largest absolute Gasteiger partial charge is 0.481 e. The molecule has 0 aliphatic heterocycles. The van der Waals surface area contributed by atoms with Gasteiger partial charge in [0.1, 0.15) is 5.60 Å². The lowest BCUT2D eigenvalue weighted by atomic mass is 9.50. The van der Waals surface area contributed by atoms with Crippen molar-refractivity contribution in [2.75, 3.05) is 0 Å². The van der Waals surface area contributed by atoms with Crippen LogP contribution in [0, 0.1) is 35.0 Å². The van der Waals surface area contributed by atoms with Gasteiger partial charge in [-0.25, -0.2) is 0 Å². The van der Waals surface area contributed by atoms with Crippen molar-refractivity contribution < 1.29 is 19.4 Å². The van der Waals surface area contributed by atoms with Crippen LogP contribution < -0.4 is 0 Å². The average molecular weight is 336 g/mol. The van der Waals surface area contributed by atoms with Gasteiger partial charge in [0, 0.05) is 0 Å². The van der Waals surface area contributed by atoms with Crippen LogP contribution in [0.1, 0.15) is 72.6 Å². The summed E-state index contributed by atoms with van der Waals surface area (Å²) in [6.07, 6.45) is 6.83. The van der Waals surface area contributed by atoms with Gasteiger partial charge in [-0.2, -0.15) is 0 Å². The van der Waals surface area contributed by atoms with Gasteiger partial charge in [0.2, 0.25) is 0 Å². The number of carbonyl (C=O) groups excluding carboxylic acids is 1. The summed E-state index contributed by atoms with van der Waals surface area (Å²) in [5.41, 5.74) is -1.03. The number of carboxylic acids is 1. The lowest BCUT2D eigenvalue weighted by Crippen LogP contribution is -2.59. The topological polar surface area (TPSA) is 63.6 Å². The van der Waals surface area contributed by atoms with Crippen molar-refractivity contribution in [3.05, 3.63) is 0 Å². The Kier molecular flexibility index (Phi) is 4.46. The summed E-state index contributed by atoms with van der Waals surface area (Å²) in [4.78, 5) is 24.3. The molecule has 0 amide bonds. The Morgan fingerprint density at radius 3 is 2.29 bits per heavy atom. The van der Waals surface area contributed by atoms with Crippen LogP contribution in [0.5, 0.6) is 0 Å². The zero-order valence-corrected chi connectivity index (χ0v) is 15.5. The molecule has 4 aliphatic carbocycles. The molecule has 4 saturated carbocycles. The molecule has 136 valence electrons. The van der Waals surface area contributed by atoms with Gasteiger partial charge < -0.3 is 9.84 Å². The van der Waals surface area contributed by atoms with Crippen LogP contribution in [0.4, 0.5) is 0 Å². The second-order valence-corrected chi connectivity index (χ2v) is 9.38. The molecule has 0 aromatic carbocycles. The monoisotopic (exact) mass is 336 g/mol. The van der Waals surface area contributed by atoms with Crippen LogP contribution in [0.15, 0.2) is 0 Å². The van der Waals surface area contributed by atoms with Gasteiger partial charge in [0.15, 0.2) is 0 Å². The van der Waals surface area contributed by atoms with Gasteiger partial charge in [0.05, 0.1) is 11.3 Å². The highest BCUT2D eigenvalue weighted by Gasteiger charge is 2.58. The third-order valence-electron chi connectivity index (χ3n) is 7.19. The molecule has 0 heterocycles. The van der Waals surface area contributed by atoms with E-state index < -0.39 is 17.3 Å². The van der Waals surface area contributed by atoms with E-state index in [9.17, 15) is 14.7 Å². The fraction of sp³-hybridized carbons (Fsp3) is 0.900. The summed E-state index contributed by atoms with van der Waals surface area (Å²) in [6, 6.07) is 0. The first-order chi connectivity index (χ1) is 11.2. The number of hydrogen-bond donors (Lipinski definition) is 1. The van der Waals surface area contributed by atoms with Crippen LogP contribution in [0.25, 0.3) is 0 Å². The maximum Gasteiger partial charge on any atom is 0.312 e. The first-order valence-corrected chi connectivity index (χ1v) is 9.63. The summed E-state index contributed by atoms with van der Waals surface area (Å²) < 4.78 is 6.22. The maximum absolute atomic E-state index is 13.0. The quantitative estimate of drug-likeness (QED) is 0.736. The van der Waals surface area contributed by atoms with E-state index in [2.05, 4.69) is 6.92 Å². The van der Waals surface area contributed by atoms with Gasteiger partial charge in [-0.05, 0) is 82.5 Å². The predicted molar refractivity (Wildman–Crippen MR) is 91.4 cm³/mol. The van der Waals surface area contributed by atoms with Crippen molar-refractivity contribution in [2.45, 2.75) is 78.2 Å². The molecule has 4 rings (SSSR count). The third-order valence-corrected chi connectivity index (χ3v) is 7.19. The van der Waals surface area contributed by atoms with E-state index in [0.29, 0.717) is 24.7 Å². The molecule has 4 atom stereocenters. The highest BCUT2D eigenvalue weighted by atomic mass is 16.6. The lowest BCUT2D eigenvalue weighted by Gasteiger charge is -2.59. The minimum Gasteiger partial charge on any atom is -0.481 e. The summed E-state index contributed by atoms with van der Waals surface area (Å²) in [6.45, 7) is 7.80. The standard InChI is InChI=1S/C20H32O4/c1-5-15(17(21)22)11-19(3,4)18(23)24-20-9-13-6-14(10-20)8-16(7-13)12(20)2/h12-16H,5-11H2,1-4H3,(H,21,22). The molecule has 0 spiro atoms. The second kappa shape index (κ2) is 6.03. The first-order valence-electron chi connectivity index (χ1n) is 9.63. The number of carboxylic acid groups (broad SMARTS) is 1.